The highest BCUT2D eigenvalue weighted by Crippen LogP contribution is 2.06. The number of morpholine rings is 1. The maximum atomic E-state index is 9.75. The Morgan fingerprint density at radius 1 is 1.06 bits per heavy atom. The molecular weight excluding hydrogens is 241 g/mol. The lowest BCUT2D eigenvalue weighted by atomic mass is 10.3. The summed E-state index contributed by atoms with van der Waals surface area (Å²) in [5.74, 6) is 0. The van der Waals surface area contributed by atoms with Crippen LogP contribution in [0.2, 0.25) is 0 Å². The first-order valence-corrected chi connectivity index (χ1v) is 4.98. The summed E-state index contributed by atoms with van der Waals surface area (Å²) in [5, 5.41) is 2.23. The third kappa shape index (κ3) is 6.72. The van der Waals surface area contributed by atoms with E-state index in [-0.39, 0.29) is 0 Å². The number of hydrogen-bond acceptors (Lipinski definition) is 3. The SMILES string of the molecule is F[B-](F)(F)F.c1c[n+](N2CCOCC2)ccn1. The first-order chi connectivity index (χ1) is 7.97. The van der Waals surface area contributed by atoms with Crippen molar-refractivity contribution in [1.82, 2.24) is 4.98 Å². The second kappa shape index (κ2) is 6.38. The standard InChI is InChI=1S/C8H12N3O.BF4/c1-3-10(4-2-9-1)11-5-7-12-8-6-11;2-1(3,4)5/h1-4H,5-8H2;/q+1;-1. The molecule has 0 aromatic carbocycles. The molecule has 1 aliphatic heterocycles. The highest BCUT2D eigenvalue weighted by molar-refractivity contribution is 6.50. The van der Waals surface area contributed by atoms with Gasteiger partial charge in [-0.25, -0.2) is 0 Å². The van der Waals surface area contributed by atoms with Gasteiger partial charge in [0, 0.05) is 0 Å². The predicted octanol–water partition coefficient (Wildman–Crippen LogP) is 0.637. The molecule has 9 heteroatoms. The van der Waals surface area contributed by atoms with E-state index in [9.17, 15) is 17.3 Å². The molecular formula is C8H12BF4N3O. The lowest BCUT2D eigenvalue weighted by Crippen LogP contribution is -2.61. The Balaban J connectivity index is 0.000000249. The first-order valence-electron chi connectivity index (χ1n) is 4.98. The zero-order chi connectivity index (χ0) is 12.7. The Bertz CT molecular complexity index is 312. The van der Waals surface area contributed by atoms with E-state index in [1.54, 1.807) is 12.4 Å². The fraction of sp³-hybridized carbons (Fsp3) is 0.500. The first kappa shape index (κ1) is 13.7. The van der Waals surface area contributed by atoms with Crippen LogP contribution < -0.4 is 9.69 Å². The molecule has 0 saturated carbocycles. The van der Waals surface area contributed by atoms with Gasteiger partial charge in [0.15, 0.2) is 0 Å². The average molecular weight is 253 g/mol. The molecule has 1 aromatic heterocycles. The molecule has 0 spiro atoms. The molecule has 0 amide bonds. The van der Waals surface area contributed by atoms with E-state index in [0.29, 0.717) is 0 Å². The van der Waals surface area contributed by atoms with Crippen molar-refractivity contribution >= 4 is 7.25 Å². The summed E-state index contributed by atoms with van der Waals surface area (Å²) in [6.45, 7) is 3.54. The number of ether oxygens (including phenoxy) is 1. The topological polar surface area (TPSA) is 29.2 Å². The van der Waals surface area contributed by atoms with Crippen molar-refractivity contribution in [3.63, 3.8) is 0 Å². The molecule has 0 radical (unpaired) electrons. The summed E-state index contributed by atoms with van der Waals surface area (Å²) in [6, 6.07) is 0. The molecule has 1 aliphatic rings. The average Bonchev–Trinajstić information content (AvgIpc) is 2.29. The predicted molar refractivity (Wildman–Crippen MR) is 53.4 cm³/mol. The van der Waals surface area contributed by atoms with Gasteiger partial charge in [-0.3, -0.25) is 4.98 Å². The monoisotopic (exact) mass is 253 g/mol. The van der Waals surface area contributed by atoms with E-state index in [1.807, 2.05) is 12.4 Å². The van der Waals surface area contributed by atoms with E-state index in [1.165, 1.54) is 0 Å². The smallest absolute Gasteiger partial charge is 0.418 e. The highest BCUT2D eigenvalue weighted by atomic mass is 19.5. The second-order valence-corrected chi connectivity index (χ2v) is 3.19. The molecule has 2 rings (SSSR count). The van der Waals surface area contributed by atoms with Crippen molar-refractivity contribution in [1.29, 1.82) is 0 Å². The fourth-order valence-electron chi connectivity index (χ4n) is 1.29. The lowest BCUT2D eigenvalue weighted by molar-refractivity contribution is -0.695. The quantitative estimate of drug-likeness (QED) is 0.418. The molecule has 0 unspecified atom stereocenters. The van der Waals surface area contributed by atoms with E-state index in [2.05, 4.69) is 14.7 Å². The third-order valence-corrected chi connectivity index (χ3v) is 1.93. The Morgan fingerprint density at radius 2 is 1.53 bits per heavy atom. The van der Waals surface area contributed by atoms with Crippen LogP contribution in [-0.4, -0.2) is 38.5 Å². The molecule has 0 aliphatic carbocycles. The van der Waals surface area contributed by atoms with Gasteiger partial charge < -0.3 is 22.0 Å². The zero-order valence-corrected chi connectivity index (χ0v) is 8.98. The van der Waals surface area contributed by atoms with Crippen molar-refractivity contribution in [2.24, 2.45) is 0 Å². The Kier molecular flexibility index (Phi) is 5.14. The summed E-state index contributed by atoms with van der Waals surface area (Å²) in [6.07, 6.45) is 7.47. The maximum absolute atomic E-state index is 9.75. The van der Waals surface area contributed by atoms with Gasteiger partial charge in [-0.1, -0.05) is 4.68 Å². The summed E-state index contributed by atoms with van der Waals surface area (Å²) < 4.78 is 46.3. The number of aromatic nitrogens is 2. The normalized spacial score (nSPS) is 16.1. The Labute approximate surface area is 95.9 Å². The van der Waals surface area contributed by atoms with Gasteiger partial charge in [0.05, 0.1) is 38.7 Å². The molecule has 4 nitrogen and oxygen atoms in total. The van der Waals surface area contributed by atoms with Crippen molar-refractivity contribution in [2.75, 3.05) is 31.3 Å². The highest BCUT2D eigenvalue weighted by Gasteiger charge is 2.20. The van der Waals surface area contributed by atoms with Crippen LogP contribution in [0.25, 0.3) is 0 Å². The molecule has 96 valence electrons. The van der Waals surface area contributed by atoms with Gasteiger partial charge in [-0.15, -0.1) is 0 Å². The van der Waals surface area contributed by atoms with Gasteiger partial charge in [0.25, 0.3) is 0 Å². The third-order valence-electron chi connectivity index (χ3n) is 1.93. The van der Waals surface area contributed by atoms with Crippen LogP contribution in [0, 0.1) is 0 Å². The summed E-state index contributed by atoms with van der Waals surface area (Å²) in [7, 11) is -6.00. The van der Waals surface area contributed by atoms with Crippen molar-refractivity contribution in [3.8, 4) is 0 Å². The number of rotatable bonds is 1. The van der Waals surface area contributed by atoms with Crippen LogP contribution >= 0.6 is 0 Å². The largest absolute Gasteiger partial charge is 0.673 e. The van der Waals surface area contributed by atoms with Crippen LogP contribution in [0.3, 0.4) is 0 Å². The molecule has 0 atom stereocenters. The molecule has 1 saturated heterocycles. The van der Waals surface area contributed by atoms with Crippen LogP contribution in [0.1, 0.15) is 0 Å². The molecule has 0 bridgehead atoms. The van der Waals surface area contributed by atoms with Gasteiger partial charge in [0.2, 0.25) is 12.4 Å². The minimum absolute atomic E-state index is 0.815. The summed E-state index contributed by atoms with van der Waals surface area (Å²) in [4.78, 5) is 3.96. The lowest BCUT2D eigenvalue weighted by Gasteiger charge is -2.21. The Morgan fingerprint density at radius 3 is 2.00 bits per heavy atom. The van der Waals surface area contributed by atoms with Crippen LogP contribution in [0.5, 0.6) is 0 Å². The number of halogens is 4. The van der Waals surface area contributed by atoms with Gasteiger partial charge in [0.1, 0.15) is 0 Å². The number of hydrogen-bond donors (Lipinski definition) is 0. The Hall–Kier alpha value is -1.38. The van der Waals surface area contributed by atoms with Crippen LogP contribution in [-0.2, 0) is 4.74 Å². The molecule has 17 heavy (non-hydrogen) atoms. The fourth-order valence-corrected chi connectivity index (χ4v) is 1.29. The van der Waals surface area contributed by atoms with Crippen molar-refractivity contribution in [2.45, 2.75) is 0 Å². The van der Waals surface area contributed by atoms with E-state index < -0.39 is 7.25 Å². The van der Waals surface area contributed by atoms with E-state index >= 15 is 0 Å². The minimum Gasteiger partial charge on any atom is -0.418 e. The van der Waals surface area contributed by atoms with Crippen molar-refractivity contribution < 1.29 is 26.7 Å². The second-order valence-electron chi connectivity index (χ2n) is 3.19. The van der Waals surface area contributed by atoms with Crippen LogP contribution in [0.4, 0.5) is 17.3 Å². The van der Waals surface area contributed by atoms with Crippen molar-refractivity contribution in [3.05, 3.63) is 24.8 Å². The van der Waals surface area contributed by atoms with Gasteiger partial charge in [-0.2, -0.15) is 5.01 Å². The van der Waals surface area contributed by atoms with E-state index in [0.717, 1.165) is 26.3 Å². The maximum Gasteiger partial charge on any atom is 0.673 e. The number of nitrogens with zero attached hydrogens (tertiary/aromatic N) is 3. The molecule has 0 N–H and O–H groups in total. The minimum atomic E-state index is -6.00. The van der Waals surface area contributed by atoms with E-state index in [4.69, 9.17) is 4.74 Å². The summed E-state index contributed by atoms with van der Waals surface area (Å²) >= 11 is 0. The zero-order valence-electron chi connectivity index (χ0n) is 8.98. The molecule has 1 fully saturated rings. The summed E-state index contributed by atoms with van der Waals surface area (Å²) in [5.41, 5.74) is 0. The van der Waals surface area contributed by atoms with Gasteiger partial charge in [-0.05, 0) is 0 Å². The molecule has 2 heterocycles. The van der Waals surface area contributed by atoms with Crippen LogP contribution in [0.15, 0.2) is 24.8 Å². The van der Waals surface area contributed by atoms with Gasteiger partial charge >= 0.3 is 7.25 Å². The molecule has 1 aromatic rings.